The molecule has 0 spiro atoms. The third-order valence-corrected chi connectivity index (χ3v) is 4.92. The number of nitrogens with zero attached hydrogens (tertiary/aromatic N) is 1. The molecule has 0 heterocycles. The molecule has 5 nitrogen and oxygen atoms in total. The molecule has 2 rings (SSSR count). The first-order valence-corrected chi connectivity index (χ1v) is 9.52. The highest BCUT2D eigenvalue weighted by molar-refractivity contribution is 14.1. The number of nitrogens with one attached hydrogen (secondary N) is 2. The lowest BCUT2D eigenvalue weighted by Crippen LogP contribution is -2.20. The lowest BCUT2D eigenvalue weighted by atomic mass is 10.2. The number of amides is 2. The van der Waals surface area contributed by atoms with E-state index in [1.54, 1.807) is 18.2 Å². The number of carbonyl (C=O) groups is 2. The third kappa shape index (κ3) is 6.26. The second-order valence-electron chi connectivity index (χ2n) is 5.44. The predicted molar refractivity (Wildman–Crippen MR) is 114 cm³/mol. The first-order chi connectivity index (χ1) is 12.4. The first kappa shape index (κ1) is 20.7. The van der Waals surface area contributed by atoms with Crippen LogP contribution in [0.25, 0.3) is 0 Å². The minimum Gasteiger partial charge on any atom is -0.326 e. The Kier molecular flexibility index (Phi) is 7.86. The zero-order valence-electron chi connectivity index (χ0n) is 13.9. The summed E-state index contributed by atoms with van der Waals surface area (Å²) in [6.45, 7) is 1.92. The van der Waals surface area contributed by atoms with Crippen molar-refractivity contribution in [2.45, 2.75) is 19.8 Å². The maximum absolute atomic E-state index is 12.0. The van der Waals surface area contributed by atoms with Crippen molar-refractivity contribution in [3.63, 3.8) is 0 Å². The zero-order chi connectivity index (χ0) is 19.1. The molecule has 0 saturated heterocycles. The van der Waals surface area contributed by atoms with Crippen LogP contribution >= 0.6 is 45.8 Å². The van der Waals surface area contributed by atoms with Crippen LogP contribution in [0.2, 0.25) is 10.0 Å². The van der Waals surface area contributed by atoms with E-state index in [-0.39, 0.29) is 24.7 Å². The minimum atomic E-state index is -0.367. The summed E-state index contributed by atoms with van der Waals surface area (Å²) in [5.74, 6) is -0.597. The molecular weight excluding hydrogens is 488 g/mol. The Labute approximate surface area is 175 Å². The Morgan fingerprint density at radius 3 is 2.62 bits per heavy atom. The highest BCUT2D eigenvalue weighted by atomic mass is 127. The predicted octanol–water partition coefficient (Wildman–Crippen LogP) is 4.78. The van der Waals surface area contributed by atoms with Crippen LogP contribution in [-0.2, 0) is 9.59 Å². The van der Waals surface area contributed by atoms with Crippen LogP contribution in [0.4, 0.5) is 5.69 Å². The van der Waals surface area contributed by atoms with E-state index >= 15 is 0 Å². The van der Waals surface area contributed by atoms with Crippen LogP contribution in [0.15, 0.2) is 41.5 Å². The van der Waals surface area contributed by atoms with E-state index < -0.39 is 0 Å². The molecule has 0 radical (unpaired) electrons. The quantitative estimate of drug-likeness (QED) is 0.338. The van der Waals surface area contributed by atoms with Gasteiger partial charge in [0.2, 0.25) is 11.8 Å². The number of halogens is 3. The molecule has 2 aromatic carbocycles. The molecule has 136 valence electrons. The van der Waals surface area contributed by atoms with Crippen molar-refractivity contribution in [2.24, 2.45) is 5.10 Å². The van der Waals surface area contributed by atoms with Crippen LogP contribution in [-0.4, -0.2) is 18.0 Å². The van der Waals surface area contributed by atoms with Crippen LogP contribution in [0.3, 0.4) is 0 Å². The van der Waals surface area contributed by atoms with Gasteiger partial charge in [-0.1, -0.05) is 35.3 Å². The number of hydrazone groups is 1. The Balaban J connectivity index is 1.80. The van der Waals surface area contributed by atoms with E-state index in [1.807, 2.05) is 25.1 Å². The van der Waals surface area contributed by atoms with Gasteiger partial charge in [0.25, 0.3) is 0 Å². The summed E-state index contributed by atoms with van der Waals surface area (Å²) in [6, 6.07) is 10.8. The molecule has 0 unspecified atom stereocenters. The Morgan fingerprint density at radius 1 is 1.15 bits per heavy atom. The average Bonchev–Trinajstić information content (AvgIpc) is 2.59. The lowest BCUT2D eigenvalue weighted by Gasteiger charge is -2.08. The summed E-state index contributed by atoms with van der Waals surface area (Å²) in [7, 11) is 0. The summed E-state index contributed by atoms with van der Waals surface area (Å²) >= 11 is 14.1. The molecule has 26 heavy (non-hydrogen) atoms. The van der Waals surface area contributed by atoms with Gasteiger partial charge in [0, 0.05) is 27.7 Å². The van der Waals surface area contributed by atoms with Crippen LogP contribution in [0.1, 0.15) is 24.0 Å². The van der Waals surface area contributed by atoms with Crippen LogP contribution in [0, 0.1) is 10.5 Å². The van der Waals surface area contributed by atoms with Gasteiger partial charge in [-0.25, -0.2) is 5.43 Å². The van der Waals surface area contributed by atoms with Gasteiger partial charge in [-0.05, 0) is 59.3 Å². The molecule has 0 aliphatic carbocycles. The molecule has 0 aromatic heterocycles. The van der Waals surface area contributed by atoms with Gasteiger partial charge >= 0.3 is 0 Å². The molecule has 0 fully saturated rings. The van der Waals surface area contributed by atoms with Crippen molar-refractivity contribution in [1.82, 2.24) is 5.43 Å². The van der Waals surface area contributed by atoms with E-state index in [0.717, 1.165) is 14.8 Å². The van der Waals surface area contributed by atoms with E-state index in [1.165, 1.54) is 6.21 Å². The van der Waals surface area contributed by atoms with Crippen LogP contribution < -0.4 is 10.7 Å². The molecule has 2 aromatic rings. The lowest BCUT2D eigenvalue weighted by molar-refractivity contribution is -0.124. The van der Waals surface area contributed by atoms with E-state index in [0.29, 0.717) is 15.6 Å². The summed E-state index contributed by atoms with van der Waals surface area (Å²) in [4.78, 5) is 23.8. The first-order valence-electron chi connectivity index (χ1n) is 7.68. The van der Waals surface area contributed by atoms with Gasteiger partial charge in [0.05, 0.1) is 16.3 Å². The molecule has 0 atom stereocenters. The minimum absolute atomic E-state index is 0.0237. The molecular formula is C18H16Cl2IN3O2. The fourth-order valence-corrected chi connectivity index (χ4v) is 3.06. The fraction of sp³-hybridized carbons (Fsp3) is 0.167. The number of benzene rings is 2. The monoisotopic (exact) mass is 503 g/mol. The molecule has 0 bridgehead atoms. The number of anilines is 1. The number of hydrogen-bond acceptors (Lipinski definition) is 3. The van der Waals surface area contributed by atoms with Gasteiger partial charge < -0.3 is 5.32 Å². The van der Waals surface area contributed by atoms with Gasteiger partial charge in [-0.3, -0.25) is 9.59 Å². The largest absolute Gasteiger partial charge is 0.326 e. The maximum atomic E-state index is 12.0. The standard InChI is InChI=1S/C18H16Cl2IN3O2/c1-11-9-13(21)5-6-15(11)23-16(25)7-8-17(26)24-22-10-12-3-2-4-14(19)18(12)20/h2-6,9-10H,7-8H2,1H3,(H,23,25)(H,24,26). The summed E-state index contributed by atoms with van der Waals surface area (Å²) < 4.78 is 1.09. The molecule has 2 N–H and O–H groups in total. The second kappa shape index (κ2) is 9.89. The van der Waals surface area contributed by atoms with Crippen molar-refractivity contribution in [1.29, 1.82) is 0 Å². The number of rotatable bonds is 6. The van der Waals surface area contributed by atoms with E-state index in [9.17, 15) is 9.59 Å². The van der Waals surface area contributed by atoms with Gasteiger partial charge in [-0.15, -0.1) is 0 Å². The molecule has 8 heteroatoms. The van der Waals surface area contributed by atoms with Crippen molar-refractivity contribution in [3.8, 4) is 0 Å². The highest BCUT2D eigenvalue weighted by Gasteiger charge is 2.08. The van der Waals surface area contributed by atoms with Crippen molar-refractivity contribution in [3.05, 3.63) is 61.1 Å². The number of aryl methyl sites for hydroxylation is 1. The topological polar surface area (TPSA) is 70.6 Å². The SMILES string of the molecule is Cc1cc(I)ccc1NC(=O)CCC(=O)NN=Cc1cccc(Cl)c1Cl. The van der Waals surface area contributed by atoms with Crippen molar-refractivity contribution >= 4 is 69.5 Å². The molecule has 0 saturated carbocycles. The molecule has 2 amide bonds. The number of hydrogen-bond donors (Lipinski definition) is 2. The van der Waals surface area contributed by atoms with Crippen molar-refractivity contribution < 1.29 is 9.59 Å². The smallest absolute Gasteiger partial charge is 0.240 e. The Bertz CT molecular complexity index is 856. The summed E-state index contributed by atoms with van der Waals surface area (Å²) in [6.07, 6.45) is 1.49. The normalized spacial score (nSPS) is 10.8. The van der Waals surface area contributed by atoms with E-state index in [2.05, 4.69) is 38.4 Å². The van der Waals surface area contributed by atoms with Crippen molar-refractivity contribution in [2.75, 3.05) is 5.32 Å². The van der Waals surface area contributed by atoms with Gasteiger partial charge in [0.1, 0.15) is 0 Å². The van der Waals surface area contributed by atoms with Crippen LogP contribution in [0.5, 0.6) is 0 Å². The second-order valence-corrected chi connectivity index (χ2v) is 7.47. The fourth-order valence-electron chi connectivity index (χ4n) is 2.06. The summed E-state index contributed by atoms with van der Waals surface area (Å²) in [5, 5.41) is 7.39. The summed E-state index contributed by atoms with van der Waals surface area (Å²) in [5.41, 5.74) is 4.66. The Morgan fingerprint density at radius 2 is 1.88 bits per heavy atom. The van der Waals surface area contributed by atoms with E-state index in [4.69, 9.17) is 23.2 Å². The van der Waals surface area contributed by atoms with Gasteiger partial charge in [0.15, 0.2) is 0 Å². The molecule has 0 aliphatic heterocycles. The zero-order valence-corrected chi connectivity index (χ0v) is 17.5. The average molecular weight is 504 g/mol. The number of carbonyl (C=O) groups excluding carboxylic acids is 2. The third-order valence-electron chi connectivity index (χ3n) is 3.42. The van der Waals surface area contributed by atoms with Gasteiger partial charge in [-0.2, -0.15) is 5.10 Å². The maximum Gasteiger partial charge on any atom is 0.240 e. The Hall–Kier alpha value is -1.64. The molecule has 0 aliphatic rings. The highest BCUT2D eigenvalue weighted by Crippen LogP contribution is 2.24.